The van der Waals surface area contributed by atoms with Crippen LogP contribution in [0.4, 0.5) is 0 Å². The van der Waals surface area contributed by atoms with Crippen LogP contribution >= 0.6 is 34.4 Å². The van der Waals surface area contributed by atoms with E-state index in [9.17, 15) is 0 Å². The highest BCUT2D eigenvalue weighted by Crippen LogP contribution is 2.60. The Morgan fingerprint density at radius 2 is 1.16 bits per heavy atom. The van der Waals surface area contributed by atoms with Gasteiger partial charge in [-0.1, -0.05) is 90.2 Å². The quantitative estimate of drug-likeness (QED) is 0.0828. The molecule has 5 heterocycles. The minimum atomic E-state index is -0.407. The van der Waals surface area contributed by atoms with Gasteiger partial charge >= 0.3 is 0 Å². The van der Waals surface area contributed by atoms with E-state index >= 15 is 0 Å². The molecule has 0 fully saturated rings. The fourth-order valence-electron chi connectivity index (χ4n) is 6.65. The first kappa shape index (κ1) is 37.3. The number of ether oxygens (including phenoxy) is 6. The van der Waals surface area contributed by atoms with Crippen LogP contribution in [0, 0.1) is 19.3 Å². The van der Waals surface area contributed by atoms with Gasteiger partial charge in [-0.25, -0.2) is 0 Å². The van der Waals surface area contributed by atoms with Gasteiger partial charge in [0.2, 0.25) is 0 Å². The van der Waals surface area contributed by atoms with Crippen LogP contribution in [0.2, 0.25) is 0 Å². The summed E-state index contributed by atoms with van der Waals surface area (Å²) in [4.78, 5) is 4.08. The molecular weight excluding hydrogens is 689 g/mol. The number of nitrogens with zero attached hydrogens (tertiary/aromatic N) is 2. The maximum atomic E-state index is 6.81. The number of rotatable bonds is 20. The average Bonchev–Trinajstić information content (AvgIpc) is 3.82. The molecule has 2 aliphatic heterocycles. The molecule has 0 atom stereocenters. The lowest BCUT2D eigenvalue weighted by molar-refractivity contribution is -0.0605. The molecule has 274 valence electrons. The molecule has 0 amide bonds. The van der Waals surface area contributed by atoms with Gasteiger partial charge in [0.15, 0.2) is 23.0 Å². The van der Waals surface area contributed by atoms with E-state index in [0.717, 1.165) is 90.7 Å². The molecule has 2 aliphatic rings. The lowest BCUT2D eigenvalue weighted by Gasteiger charge is -2.30. The largest absolute Gasteiger partial charge is 0.488 e. The molecule has 0 spiro atoms. The third-order valence-electron chi connectivity index (χ3n) is 9.60. The summed E-state index contributed by atoms with van der Waals surface area (Å²) >= 11 is 4.59. The summed E-state index contributed by atoms with van der Waals surface area (Å²) in [6, 6.07) is 4.23. The Hall–Kier alpha value is -2.44. The second-order valence-corrected chi connectivity index (χ2v) is 16.6. The highest BCUT2D eigenvalue weighted by atomic mass is 32.1. The molecule has 50 heavy (non-hydrogen) atoms. The number of benzene rings is 1. The van der Waals surface area contributed by atoms with E-state index in [4.69, 9.17) is 28.4 Å². The Morgan fingerprint density at radius 1 is 0.620 bits per heavy atom. The number of aromatic nitrogens is 2. The van der Waals surface area contributed by atoms with Crippen LogP contribution < -0.4 is 18.9 Å². The minimum absolute atomic E-state index is 0.407. The molecule has 8 nitrogen and oxygen atoms in total. The lowest BCUT2D eigenvalue weighted by atomic mass is 9.92. The molecule has 6 rings (SSSR count). The zero-order valence-corrected chi connectivity index (χ0v) is 32.8. The molecule has 11 heteroatoms. The zero-order chi connectivity index (χ0) is 34.8. The molecule has 0 radical (unpaired) electrons. The molecule has 0 saturated carbocycles. The zero-order valence-electron chi connectivity index (χ0n) is 30.4. The van der Waals surface area contributed by atoms with Gasteiger partial charge in [0.05, 0.1) is 45.0 Å². The number of thiophene rings is 2. The van der Waals surface area contributed by atoms with E-state index in [1.807, 2.05) is 0 Å². The fraction of sp³-hybridized carbons (Fsp3) is 0.641. The highest BCUT2D eigenvalue weighted by molar-refractivity contribution is 7.25. The topological polar surface area (TPSA) is 81.2 Å². The van der Waals surface area contributed by atoms with E-state index in [1.54, 1.807) is 22.7 Å². The van der Waals surface area contributed by atoms with Crippen molar-refractivity contribution in [1.29, 1.82) is 0 Å². The maximum Gasteiger partial charge on any atom is 0.181 e. The van der Waals surface area contributed by atoms with E-state index in [-0.39, 0.29) is 0 Å². The summed E-state index contributed by atoms with van der Waals surface area (Å²) < 4.78 is 48.1. The fourth-order valence-corrected chi connectivity index (χ4v) is 9.66. The van der Waals surface area contributed by atoms with Crippen LogP contribution in [0.5, 0.6) is 23.0 Å². The van der Waals surface area contributed by atoms with Crippen molar-refractivity contribution in [3.63, 3.8) is 0 Å². The van der Waals surface area contributed by atoms with Crippen molar-refractivity contribution in [3.8, 4) is 43.2 Å². The van der Waals surface area contributed by atoms with E-state index < -0.39 is 5.41 Å². The van der Waals surface area contributed by atoms with E-state index in [1.165, 1.54) is 75.9 Å². The third kappa shape index (κ3) is 8.77. The maximum absolute atomic E-state index is 6.81. The number of aryl methyl sites for hydroxylation is 2. The molecule has 0 bridgehead atoms. The van der Waals surface area contributed by atoms with Crippen molar-refractivity contribution in [2.45, 2.75) is 105 Å². The first-order chi connectivity index (χ1) is 24.5. The third-order valence-corrected chi connectivity index (χ3v) is 12.5. The van der Waals surface area contributed by atoms with Crippen molar-refractivity contribution in [2.24, 2.45) is 5.41 Å². The smallest absolute Gasteiger partial charge is 0.181 e. The number of hydrogen-bond donors (Lipinski definition) is 0. The first-order valence-corrected chi connectivity index (χ1v) is 21.1. The Kier molecular flexibility index (Phi) is 13.7. The van der Waals surface area contributed by atoms with Crippen LogP contribution in [0.1, 0.15) is 101 Å². The second kappa shape index (κ2) is 18.4. The van der Waals surface area contributed by atoms with Crippen LogP contribution in [-0.4, -0.2) is 61.6 Å². The van der Waals surface area contributed by atoms with E-state index in [0.29, 0.717) is 39.6 Å². The van der Waals surface area contributed by atoms with Gasteiger partial charge in [-0.2, -0.15) is 8.75 Å². The summed E-state index contributed by atoms with van der Waals surface area (Å²) in [7, 11) is 0. The molecule has 0 saturated heterocycles. The normalized spacial score (nSPS) is 15.1. The van der Waals surface area contributed by atoms with Gasteiger partial charge in [0, 0.05) is 23.7 Å². The number of fused-ring (bicyclic) bond motifs is 3. The highest BCUT2D eigenvalue weighted by Gasteiger charge is 2.40. The predicted octanol–water partition coefficient (Wildman–Crippen LogP) is 11.0. The summed E-state index contributed by atoms with van der Waals surface area (Å²) in [5, 5.41) is 0. The van der Waals surface area contributed by atoms with Gasteiger partial charge in [-0.15, -0.1) is 22.7 Å². The number of hydrogen-bond acceptors (Lipinski definition) is 11. The Morgan fingerprint density at radius 3 is 1.82 bits per heavy atom. The number of unbranched alkanes of at least 4 members (excludes halogenated alkanes) is 10. The average molecular weight is 743 g/mol. The van der Waals surface area contributed by atoms with Gasteiger partial charge in [0.1, 0.15) is 37.5 Å². The Bertz CT molecular complexity index is 1640. The predicted molar refractivity (Wildman–Crippen MR) is 206 cm³/mol. The molecular formula is C39H54N2O6S3. The Balaban J connectivity index is 1.21. The van der Waals surface area contributed by atoms with Crippen molar-refractivity contribution < 1.29 is 28.4 Å². The van der Waals surface area contributed by atoms with Crippen molar-refractivity contribution in [3.05, 3.63) is 22.6 Å². The van der Waals surface area contributed by atoms with Gasteiger partial charge in [-0.3, -0.25) is 0 Å². The SMILES string of the molecule is CCCCCCCCOCC1(COCCCCCCCC)COc2c(C)sc(-c3sc(-c4ccc(C)c5nsnc45)c4c3OCCO4)c2OC1. The van der Waals surface area contributed by atoms with Crippen LogP contribution in [0.3, 0.4) is 0 Å². The van der Waals surface area contributed by atoms with Gasteiger partial charge in [-0.05, 0) is 32.3 Å². The minimum Gasteiger partial charge on any atom is -0.488 e. The first-order valence-electron chi connectivity index (χ1n) is 18.7. The van der Waals surface area contributed by atoms with Crippen molar-refractivity contribution in [1.82, 2.24) is 8.75 Å². The van der Waals surface area contributed by atoms with Crippen LogP contribution in [-0.2, 0) is 9.47 Å². The molecule has 3 aromatic heterocycles. The second-order valence-electron chi connectivity index (χ2n) is 13.9. The monoisotopic (exact) mass is 742 g/mol. The van der Waals surface area contributed by atoms with Gasteiger partial charge in [0.25, 0.3) is 0 Å². The standard InChI is InChI=1S/C39H54N2O6S3/c1-5-7-9-11-13-15-19-42-23-39(24-43-20-16-14-12-10-8-6-2)25-46-32-28(4)48-37(33(32)47-26-39)38-35-34(44-21-22-45-35)36(49-38)29-18-17-27(3)30-31(29)41-50-40-30/h17-18H,5-16,19-26H2,1-4H3. The van der Waals surface area contributed by atoms with Crippen LogP contribution in [0.15, 0.2) is 12.1 Å². The molecule has 0 aliphatic carbocycles. The lowest BCUT2D eigenvalue weighted by Crippen LogP contribution is -2.42. The van der Waals surface area contributed by atoms with E-state index in [2.05, 4.69) is 48.6 Å². The molecule has 0 N–H and O–H groups in total. The molecule has 1 aromatic carbocycles. The van der Waals surface area contributed by atoms with Crippen molar-refractivity contribution >= 4 is 45.4 Å². The molecule has 4 aromatic rings. The van der Waals surface area contributed by atoms with Crippen molar-refractivity contribution in [2.75, 3.05) is 52.9 Å². The summed E-state index contributed by atoms with van der Waals surface area (Å²) in [5.74, 6) is 3.11. The van der Waals surface area contributed by atoms with Crippen LogP contribution in [0.25, 0.3) is 31.2 Å². The summed E-state index contributed by atoms with van der Waals surface area (Å²) in [6.45, 7) is 13.2. The summed E-state index contributed by atoms with van der Waals surface area (Å²) in [5.41, 5.74) is 3.54. The molecule has 0 unspecified atom stereocenters. The summed E-state index contributed by atoms with van der Waals surface area (Å²) in [6.07, 6.45) is 14.9. The van der Waals surface area contributed by atoms with Gasteiger partial charge < -0.3 is 28.4 Å². The Labute approximate surface area is 310 Å².